The molecule has 2 amide bonds. The maximum atomic E-state index is 12.8. The Bertz CT molecular complexity index is 1150. The van der Waals surface area contributed by atoms with Gasteiger partial charge in [0.05, 0.1) is 29.7 Å². The molecule has 2 aromatic carbocycles. The van der Waals surface area contributed by atoms with E-state index in [9.17, 15) is 9.59 Å². The Morgan fingerprint density at radius 2 is 1.73 bits per heavy atom. The summed E-state index contributed by atoms with van der Waals surface area (Å²) in [6.07, 6.45) is 6.45. The molecule has 2 bridgehead atoms. The molecular weight excluding hydrogens is 463 g/mol. The second kappa shape index (κ2) is 8.84. The summed E-state index contributed by atoms with van der Waals surface area (Å²) in [4.78, 5) is 25.6. The van der Waals surface area contributed by atoms with Crippen molar-refractivity contribution in [3.8, 4) is 11.5 Å². The van der Waals surface area contributed by atoms with Crippen LogP contribution < -0.4 is 9.47 Å². The zero-order valence-electron chi connectivity index (χ0n) is 17.9. The van der Waals surface area contributed by atoms with Crippen LogP contribution in [0.2, 0.25) is 10.0 Å². The number of amides is 2. The zero-order valence-corrected chi connectivity index (χ0v) is 19.4. The summed E-state index contributed by atoms with van der Waals surface area (Å²) in [5.74, 6) is 0.0941. The fourth-order valence-electron chi connectivity index (χ4n) is 4.96. The van der Waals surface area contributed by atoms with Gasteiger partial charge in [0.2, 0.25) is 0 Å². The Morgan fingerprint density at radius 1 is 1.03 bits per heavy atom. The number of imide groups is 1. The number of allylic oxidation sites excluding steroid dienone is 2. The second-order valence-corrected chi connectivity index (χ2v) is 9.19. The Balaban J connectivity index is 1.36. The first-order chi connectivity index (χ1) is 16.0. The van der Waals surface area contributed by atoms with Crippen LogP contribution in [0.15, 0.2) is 53.7 Å². The van der Waals surface area contributed by atoms with Crippen molar-refractivity contribution in [1.29, 1.82) is 0 Å². The van der Waals surface area contributed by atoms with Crippen LogP contribution in [0.25, 0.3) is 0 Å². The lowest BCUT2D eigenvalue weighted by Crippen LogP contribution is -2.28. The summed E-state index contributed by atoms with van der Waals surface area (Å²) in [7, 11) is 0. The highest BCUT2D eigenvalue weighted by Gasteiger charge is 2.59. The van der Waals surface area contributed by atoms with Gasteiger partial charge in [0.15, 0.2) is 11.5 Å². The predicted octanol–water partition coefficient (Wildman–Crippen LogP) is 5.11. The number of halogens is 2. The van der Waals surface area contributed by atoms with Crippen LogP contribution in [0, 0.1) is 23.7 Å². The molecule has 2 aromatic rings. The van der Waals surface area contributed by atoms with Crippen molar-refractivity contribution in [1.82, 2.24) is 5.01 Å². The molecule has 1 aliphatic heterocycles. The van der Waals surface area contributed by atoms with E-state index in [0.29, 0.717) is 33.7 Å². The number of nitrogens with zero attached hydrogens (tertiary/aromatic N) is 2. The van der Waals surface area contributed by atoms with Gasteiger partial charge < -0.3 is 9.47 Å². The molecule has 1 saturated heterocycles. The number of fused-ring (bicyclic) bond motifs is 5. The quantitative estimate of drug-likeness (QED) is 0.311. The van der Waals surface area contributed by atoms with Gasteiger partial charge in [-0.3, -0.25) is 9.59 Å². The molecule has 0 unspecified atom stereocenters. The zero-order chi connectivity index (χ0) is 23.1. The molecule has 2 aliphatic carbocycles. The smallest absolute Gasteiger partial charge is 0.254 e. The second-order valence-electron chi connectivity index (χ2n) is 8.38. The van der Waals surface area contributed by atoms with E-state index in [4.69, 9.17) is 32.7 Å². The van der Waals surface area contributed by atoms with Crippen molar-refractivity contribution in [2.45, 2.75) is 20.0 Å². The highest BCUT2D eigenvalue weighted by Crippen LogP contribution is 2.52. The Morgan fingerprint density at radius 3 is 2.39 bits per heavy atom. The molecule has 170 valence electrons. The Hall–Kier alpha value is -2.83. The van der Waals surface area contributed by atoms with E-state index < -0.39 is 0 Å². The van der Waals surface area contributed by atoms with E-state index in [1.807, 2.05) is 25.1 Å². The van der Waals surface area contributed by atoms with E-state index in [1.54, 1.807) is 18.2 Å². The standard InChI is InChI=1S/C25H22Cl2N2O4/c1-2-32-20-10-14(9-19(27)23(20)33-13-17-5-3-4-6-18(17)26)12-28-29-24(30)21-15-7-8-16(11-15)22(21)25(29)31/h3-10,12,15-16,21-22H,2,11,13H2,1H3/t15-,16-,21-,22+/m0/s1. The van der Waals surface area contributed by atoms with E-state index in [1.165, 1.54) is 6.21 Å². The summed E-state index contributed by atoms with van der Waals surface area (Å²) < 4.78 is 11.7. The molecule has 5 rings (SSSR count). The van der Waals surface area contributed by atoms with Gasteiger partial charge in [0.1, 0.15) is 6.61 Å². The molecule has 33 heavy (non-hydrogen) atoms. The van der Waals surface area contributed by atoms with Crippen LogP contribution in [-0.4, -0.2) is 29.6 Å². The summed E-state index contributed by atoms with van der Waals surface area (Å²) in [6, 6.07) is 10.8. The number of rotatable bonds is 7. The van der Waals surface area contributed by atoms with Gasteiger partial charge >= 0.3 is 0 Å². The third-order valence-corrected chi connectivity index (χ3v) is 7.08. The molecule has 8 heteroatoms. The highest BCUT2D eigenvalue weighted by molar-refractivity contribution is 6.32. The minimum absolute atomic E-state index is 0.144. The van der Waals surface area contributed by atoms with Gasteiger partial charge in [-0.15, -0.1) is 0 Å². The third kappa shape index (κ3) is 3.91. The summed E-state index contributed by atoms with van der Waals surface area (Å²) >= 11 is 12.7. The lowest BCUT2D eigenvalue weighted by atomic mass is 9.85. The van der Waals surface area contributed by atoms with E-state index in [-0.39, 0.29) is 42.1 Å². The molecule has 0 radical (unpaired) electrons. The van der Waals surface area contributed by atoms with Crippen molar-refractivity contribution in [3.63, 3.8) is 0 Å². The van der Waals surface area contributed by atoms with Gasteiger partial charge in [-0.2, -0.15) is 10.1 Å². The van der Waals surface area contributed by atoms with E-state index in [2.05, 4.69) is 17.3 Å². The van der Waals surface area contributed by atoms with Gasteiger partial charge in [0.25, 0.3) is 11.8 Å². The molecule has 0 aromatic heterocycles. The molecular formula is C25H22Cl2N2O4. The Kier molecular flexibility index (Phi) is 5.89. The molecule has 0 N–H and O–H groups in total. The maximum absolute atomic E-state index is 12.8. The molecule has 2 fully saturated rings. The highest BCUT2D eigenvalue weighted by atomic mass is 35.5. The average molecular weight is 485 g/mol. The molecule has 1 heterocycles. The number of hydrazone groups is 1. The van der Waals surface area contributed by atoms with Crippen LogP contribution in [0.3, 0.4) is 0 Å². The molecule has 4 atom stereocenters. The minimum atomic E-state index is -0.284. The van der Waals surface area contributed by atoms with Gasteiger partial charge in [-0.1, -0.05) is 53.6 Å². The van der Waals surface area contributed by atoms with Crippen molar-refractivity contribution in [2.75, 3.05) is 6.61 Å². The first-order valence-corrected chi connectivity index (χ1v) is 11.7. The van der Waals surface area contributed by atoms with Crippen molar-refractivity contribution >= 4 is 41.2 Å². The fourth-order valence-corrected chi connectivity index (χ4v) is 5.42. The SMILES string of the molecule is CCOc1cc(C=NN2C(=O)[C@@H]3[C@H](C2=O)[C@H]2C=C[C@H]3C2)cc(Cl)c1OCc1ccccc1Cl. The Labute approximate surface area is 201 Å². The van der Waals surface area contributed by atoms with Gasteiger partial charge in [0, 0.05) is 10.6 Å². The molecule has 6 nitrogen and oxygen atoms in total. The number of carbonyl (C=O) groups excluding carboxylic acids is 2. The first-order valence-electron chi connectivity index (χ1n) is 10.9. The van der Waals surface area contributed by atoms with Crippen LogP contribution in [0.1, 0.15) is 24.5 Å². The largest absolute Gasteiger partial charge is 0.490 e. The summed E-state index contributed by atoms with van der Waals surface area (Å²) in [6.45, 7) is 2.49. The van der Waals surface area contributed by atoms with E-state index >= 15 is 0 Å². The molecule has 0 spiro atoms. The molecule has 3 aliphatic rings. The van der Waals surface area contributed by atoms with Crippen molar-refractivity contribution < 1.29 is 19.1 Å². The van der Waals surface area contributed by atoms with Crippen molar-refractivity contribution in [2.24, 2.45) is 28.8 Å². The normalized spacial score (nSPS) is 25.4. The first kappa shape index (κ1) is 22.0. The maximum Gasteiger partial charge on any atom is 0.254 e. The van der Waals surface area contributed by atoms with Crippen molar-refractivity contribution in [3.05, 3.63) is 69.7 Å². The van der Waals surface area contributed by atoms with Gasteiger partial charge in [-0.25, -0.2) is 0 Å². The lowest BCUT2D eigenvalue weighted by Gasteiger charge is -2.15. The fraction of sp³-hybridized carbons (Fsp3) is 0.320. The summed E-state index contributed by atoms with van der Waals surface area (Å²) in [5, 5.41) is 6.16. The minimum Gasteiger partial charge on any atom is -0.490 e. The van der Waals surface area contributed by atoms with E-state index in [0.717, 1.165) is 17.0 Å². The van der Waals surface area contributed by atoms with Gasteiger partial charge in [-0.05, 0) is 48.9 Å². The average Bonchev–Trinajstić information content (AvgIpc) is 3.47. The number of hydrogen-bond acceptors (Lipinski definition) is 5. The topological polar surface area (TPSA) is 68.2 Å². The number of carbonyl (C=O) groups is 2. The van der Waals surface area contributed by atoms with Crippen LogP contribution in [0.4, 0.5) is 0 Å². The van der Waals surface area contributed by atoms with Crippen LogP contribution >= 0.6 is 23.2 Å². The number of benzene rings is 2. The lowest BCUT2D eigenvalue weighted by molar-refractivity contribution is -0.140. The summed E-state index contributed by atoms with van der Waals surface area (Å²) in [5.41, 5.74) is 1.41. The number of ether oxygens (including phenoxy) is 2. The molecule has 1 saturated carbocycles. The number of hydrogen-bond donors (Lipinski definition) is 0. The predicted molar refractivity (Wildman–Crippen MR) is 126 cm³/mol. The van der Waals surface area contributed by atoms with Crippen LogP contribution in [0.5, 0.6) is 11.5 Å². The third-order valence-electron chi connectivity index (χ3n) is 6.43. The van der Waals surface area contributed by atoms with Crippen LogP contribution in [-0.2, 0) is 16.2 Å². The monoisotopic (exact) mass is 484 g/mol.